The van der Waals surface area contributed by atoms with Gasteiger partial charge in [-0.05, 0) is 56.2 Å². The van der Waals surface area contributed by atoms with Gasteiger partial charge in [0.05, 0.1) is 17.9 Å². The van der Waals surface area contributed by atoms with Gasteiger partial charge in [0.1, 0.15) is 5.69 Å². The molecule has 0 bridgehead atoms. The summed E-state index contributed by atoms with van der Waals surface area (Å²) in [5.41, 5.74) is 1.47. The van der Waals surface area contributed by atoms with E-state index in [1.54, 1.807) is 25.1 Å². The SMILES string of the molecule is COC(=O)[C@@H]1CCCN(S(=O)(=O)c2ccc(NC(=O)c3cccc(C)n3)cc2)C1. The van der Waals surface area contributed by atoms with Gasteiger partial charge in [-0.15, -0.1) is 0 Å². The van der Waals surface area contributed by atoms with Crippen LogP contribution < -0.4 is 5.32 Å². The van der Waals surface area contributed by atoms with E-state index >= 15 is 0 Å². The molecule has 8 nitrogen and oxygen atoms in total. The Balaban J connectivity index is 1.71. The lowest BCUT2D eigenvalue weighted by atomic mass is 10.0. The molecule has 0 spiro atoms. The van der Waals surface area contributed by atoms with Crippen LogP contribution in [0.2, 0.25) is 0 Å². The van der Waals surface area contributed by atoms with Crippen molar-refractivity contribution in [1.82, 2.24) is 9.29 Å². The molecule has 2 heterocycles. The summed E-state index contributed by atoms with van der Waals surface area (Å²) >= 11 is 0. The minimum atomic E-state index is -3.74. The van der Waals surface area contributed by atoms with Crippen molar-refractivity contribution in [2.75, 3.05) is 25.5 Å². The molecule has 2 aromatic rings. The smallest absolute Gasteiger partial charge is 0.309 e. The van der Waals surface area contributed by atoms with E-state index in [1.165, 1.54) is 35.7 Å². The van der Waals surface area contributed by atoms with Gasteiger partial charge in [0.2, 0.25) is 10.0 Å². The molecule has 0 saturated carbocycles. The number of aromatic nitrogens is 1. The number of hydrogen-bond donors (Lipinski definition) is 1. The average molecular weight is 417 g/mol. The van der Waals surface area contributed by atoms with Crippen LogP contribution in [0.25, 0.3) is 0 Å². The minimum absolute atomic E-state index is 0.104. The van der Waals surface area contributed by atoms with Gasteiger partial charge in [-0.1, -0.05) is 6.07 Å². The van der Waals surface area contributed by atoms with Crippen molar-refractivity contribution in [3.8, 4) is 0 Å². The number of hydrogen-bond acceptors (Lipinski definition) is 6. The number of pyridine rings is 1. The second kappa shape index (κ2) is 8.71. The van der Waals surface area contributed by atoms with Crippen molar-refractivity contribution in [2.45, 2.75) is 24.7 Å². The van der Waals surface area contributed by atoms with E-state index in [9.17, 15) is 18.0 Å². The fourth-order valence-electron chi connectivity index (χ4n) is 3.24. The summed E-state index contributed by atoms with van der Waals surface area (Å²) < 4.78 is 31.9. The monoisotopic (exact) mass is 417 g/mol. The molecule has 9 heteroatoms. The van der Waals surface area contributed by atoms with E-state index in [1.807, 2.05) is 0 Å². The first-order chi connectivity index (χ1) is 13.8. The molecular weight excluding hydrogens is 394 g/mol. The van der Waals surface area contributed by atoms with E-state index in [4.69, 9.17) is 4.74 Å². The Labute approximate surface area is 169 Å². The number of amides is 1. The van der Waals surface area contributed by atoms with E-state index < -0.39 is 21.9 Å². The topological polar surface area (TPSA) is 106 Å². The first-order valence-corrected chi connectivity index (χ1v) is 10.7. The summed E-state index contributed by atoms with van der Waals surface area (Å²) in [6.07, 6.45) is 1.20. The zero-order valence-electron chi connectivity index (χ0n) is 16.3. The molecule has 1 amide bonds. The summed E-state index contributed by atoms with van der Waals surface area (Å²) in [4.78, 5) is 28.3. The maximum Gasteiger partial charge on any atom is 0.309 e. The van der Waals surface area contributed by atoms with Crippen LogP contribution in [0.15, 0.2) is 47.4 Å². The number of nitrogens with zero attached hydrogens (tertiary/aromatic N) is 2. The van der Waals surface area contributed by atoms with Crippen molar-refractivity contribution >= 4 is 27.6 Å². The highest BCUT2D eigenvalue weighted by Gasteiger charge is 2.33. The number of ether oxygens (including phenoxy) is 1. The van der Waals surface area contributed by atoms with Crippen LogP contribution in [-0.2, 0) is 19.6 Å². The molecule has 1 N–H and O–H groups in total. The normalized spacial score (nSPS) is 17.5. The number of rotatable bonds is 5. The number of carbonyl (C=O) groups is 2. The van der Waals surface area contributed by atoms with E-state index in [0.717, 1.165) is 5.69 Å². The van der Waals surface area contributed by atoms with Gasteiger partial charge in [0.15, 0.2) is 0 Å². The molecule has 1 aliphatic rings. The highest BCUT2D eigenvalue weighted by Crippen LogP contribution is 2.25. The van der Waals surface area contributed by atoms with Crippen LogP contribution >= 0.6 is 0 Å². The van der Waals surface area contributed by atoms with Crippen LogP contribution in [0, 0.1) is 12.8 Å². The summed E-state index contributed by atoms with van der Waals surface area (Å²) in [6, 6.07) is 11.1. The number of esters is 1. The fraction of sp³-hybridized carbons (Fsp3) is 0.350. The first kappa shape index (κ1) is 20.9. The van der Waals surface area contributed by atoms with Gasteiger partial charge in [-0.3, -0.25) is 9.59 Å². The van der Waals surface area contributed by atoms with Crippen molar-refractivity contribution in [3.63, 3.8) is 0 Å². The summed E-state index contributed by atoms with van der Waals surface area (Å²) in [5, 5.41) is 2.70. The predicted octanol–water partition coefficient (Wildman–Crippen LogP) is 2.22. The Morgan fingerprint density at radius 2 is 1.90 bits per heavy atom. The molecule has 1 aromatic carbocycles. The van der Waals surface area contributed by atoms with Crippen LogP contribution in [0.3, 0.4) is 0 Å². The molecular formula is C20H23N3O5S. The summed E-state index contributed by atoms with van der Waals surface area (Å²) in [5.74, 6) is -1.22. The maximum atomic E-state index is 12.9. The van der Waals surface area contributed by atoms with Crippen LogP contribution in [0.5, 0.6) is 0 Å². The molecule has 0 radical (unpaired) electrons. The third kappa shape index (κ3) is 4.80. The zero-order valence-corrected chi connectivity index (χ0v) is 17.1. The standard InChI is InChI=1S/C20H23N3O5S/c1-14-5-3-7-18(21-14)19(24)22-16-8-10-17(11-9-16)29(26,27)23-12-4-6-15(13-23)20(25)28-2/h3,5,7-11,15H,4,6,12-13H2,1-2H3,(H,22,24)/t15-/m1/s1. The van der Waals surface area contributed by atoms with Gasteiger partial charge in [-0.2, -0.15) is 4.31 Å². The van der Waals surface area contributed by atoms with Crippen LogP contribution in [0.4, 0.5) is 5.69 Å². The third-order valence-electron chi connectivity index (χ3n) is 4.79. The third-order valence-corrected chi connectivity index (χ3v) is 6.67. The first-order valence-electron chi connectivity index (χ1n) is 9.24. The average Bonchev–Trinajstić information content (AvgIpc) is 2.73. The lowest BCUT2D eigenvalue weighted by Gasteiger charge is -2.30. The van der Waals surface area contributed by atoms with Crippen LogP contribution in [0.1, 0.15) is 29.0 Å². The number of carbonyl (C=O) groups excluding carboxylic acids is 2. The summed E-state index contributed by atoms with van der Waals surface area (Å²) in [6.45, 7) is 2.25. The molecule has 0 unspecified atom stereocenters. The fourth-order valence-corrected chi connectivity index (χ4v) is 4.77. The number of piperidine rings is 1. The molecule has 3 rings (SSSR count). The van der Waals surface area contributed by atoms with Gasteiger partial charge in [0, 0.05) is 24.5 Å². The second-order valence-corrected chi connectivity index (χ2v) is 8.81. The molecule has 1 fully saturated rings. The Kier molecular flexibility index (Phi) is 6.29. The number of sulfonamides is 1. The number of benzene rings is 1. The highest BCUT2D eigenvalue weighted by atomic mass is 32.2. The van der Waals surface area contributed by atoms with Crippen molar-refractivity contribution in [1.29, 1.82) is 0 Å². The van der Waals surface area contributed by atoms with Gasteiger partial charge in [0.25, 0.3) is 5.91 Å². The van der Waals surface area contributed by atoms with Crippen molar-refractivity contribution in [2.24, 2.45) is 5.92 Å². The van der Waals surface area contributed by atoms with E-state index in [-0.39, 0.29) is 23.0 Å². The Bertz CT molecular complexity index is 1010. The number of methoxy groups -OCH3 is 1. The lowest BCUT2D eigenvalue weighted by molar-refractivity contribution is -0.146. The van der Waals surface area contributed by atoms with E-state index in [0.29, 0.717) is 25.1 Å². The number of aryl methyl sites for hydroxylation is 1. The summed E-state index contributed by atoms with van der Waals surface area (Å²) in [7, 11) is -2.44. The quantitative estimate of drug-likeness (QED) is 0.748. The molecule has 29 heavy (non-hydrogen) atoms. The maximum absolute atomic E-state index is 12.9. The molecule has 0 aliphatic carbocycles. The lowest BCUT2D eigenvalue weighted by Crippen LogP contribution is -2.42. The minimum Gasteiger partial charge on any atom is -0.469 e. The Hall–Kier alpha value is -2.78. The van der Waals surface area contributed by atoms with Crippen molar-refractivity contribution < 1.29 is 22.7 Å². The van der Waals surface area contributed by atoms with E-state index in [2.05, 4.69) is 10.3 Å². The van der Waals surface area contributed by atoms with Gasteiger partial charge >= 0.3 is 5.97 Å². The number of nitrogens with one attached hydrogen (secondary N) is 1. The Morgan fingerprint density at radius 3 is 2.55 bits per heavy atom. The molecule has 1 atom stereocenters. The Morgan fingerprint density at radius 1 is 1.17 bits per heavy atom. The largest absolute Gasteiger partial charge is 0.469 e. The number of anilines is 1. The van der Waals surface area contributed by atoms with Gasteiger partial charge < -0.3 is 10.1 Å². The van der Waals surface area contributed by atoms with Gasteiger partial charge in [-0.25, -0.2) is 13.4 Å². The molecule has 154 valence electrons. The highest BCUT2D eigenvalue weighted by molar-refractivity contribution is 7.89. The molecule has 1 aliphatic heterocycles. The molecule has 1 aromatic heterocycles. The second-order valence-electron chi connectivity index (χ2n) is 6.87. The zero-order chi connectivity index (χ0) is 21.0. The predicted molar refractivity (Wildman–Crippen MR) is 107 cm³/mol. The van der Waals surface area contributed by atoms with Crippen LogP contribution in [-0.4, -0.2) is 49.8 Å². The van der Waals surface area contributed by atoms with Crippen molar-refractivity contribution in [3.05, 3.63) is 53.9 Å². The molecule has 1 saturated heterocycles.